The Bertz CT molecular complexity index is 6170. The van der Waals surface area contributed by atoms with Gasteiger partial charge in [-0.25, -0.2) is 19.9 Å². The first-order valence-electron chi connectivity index (χ1n) is 38.5. The molecule has 0 aliphatic carbocycles. The van der Waals surface area contributed by atoms with Crippen molar-refractivity contribution in [2.24, 2.45) is 0 Å². The molecule has 0 fully saturated rings. The molecule has 14 aromatic rings. The molecule has 123 heavy (non-hydrogen) atoms. The summed E-state index contributed by atoms with van der Waals surface area (Å²) in [7, 11) is 19.4. The van der Waals surface area contributed by atoms with Crippen molar-refractivity contribution >= 4 is 224 Å². The summed E-state index contributed by atoms with van der Waals surface area (Å²) < 4.78 is 0. The monoisotopic (exact) mass is 2020 g/mol. The first kappa shape index (κ1) is 90.9. The van der Waals surface area contributed by atoms with Gasteiger partial charge in [0.15, 0.2) is 0 Å². The summed E-state index contributed by atoms with van der Waals surface area (Å²) in [6.45, 7) is 26.3. The summed E-state index contributed by atoms with van der Waals surface area (Å²) in [4.78, 5) is 43.2. The third-order valence-corrected chi connectivity index (χ3v) is 24.3. The molecule has 16 bridgehead atoms. The average Bonchev–Trinajstić information content (AvgIpc) is 1.61. The number of aromatic nitrogens is 8. The first-order valence-corrected chi connectivity index (χ1v) is 50.5. The molecule has 4 aliphatic heterocycles. The van der Waals surface area contributed by atoms with Gasteiger partial charge in [0, 0.05) is 62.4 Å². The molecule has 6 aromatic heterocycles. The van der Waals surface area contributed by atoms with E-state index >= 15 is 0 Å². The Morgan fingerprint density at radius 3 is 0.447 bits per heavy atom. The Morgan fingerprint density at radius 1 is 0.195 bits per heavy atom. The fraction of sp³-hybridized carbons (Fsp3) is 0.129. The Kier molecular flexibility index (Phi) is 28.4. The van der Waals surface area contributed by atoms with Gasteiger partial charge in [0.1, 0.15) is 0 Å². The van der Waals surface area contributed by atoms with E-state index in [0.29, 0.717) is 130 Å². The van der Waals surface area contributed by atoms with Gasteiger partial charge in [-0.1, -0.05) is 244 Å². The van der Waals surface area contributed by atoms with Gasteiger partial charge in [0.25, 0.3) is 0 Å². The van der Waals surface area contributed by atoms with Crippen molar-refractivity contribution in [3.05, 3.63) is 322 Å². The SMILES string of the molecule is C.Cc1cc(C)c(-c2c3nc(c(-c4c(C)cc(C)cc4C)c4ccc([n-]4)c(-c4c(C)cc(C)cc4C)c4nc(c(-c5c(C)cc(C)cc5C)c5ccc2[n-]5)C=C4)C=C3)c(C)c1.Clc1cccc(Cl)c1-c1c2nc(c(-c3c(Cl)cccc3Cl)c3ccc([n-]3)c(-c3c(Cl)cccc3Cl)c3nc(c(-c4c(Cl)cccc4Cl)c4ccc1[n-]4)C=C3)C=C2.[Cl][Ru+2][Cl].[Cl][Ru+2][Cl]. The van der Waals surface area contributed by atoms with Crippen LogP contribution in [0.15, 0.2) is 170 Å². The van der Waals surface area contributed by atoms with Crippen molar-refractivity contribution in [2.75, 3.05) is 0 Å². The average molecular weight is 2030 g/mol. The van der Waals surface area contributed by atoms with E-state index in [1.807, 2.05) is 48.6 Å². The summed E-state index contributed by atoms with van der Waals surface area (Å²) in [6.07, 6.45) is 16.2. The van der Waals surface area contributed by atoms with Crippen LogP contribution in [0.1, 0.15) is 120 Å². The normalized spacial score (nSPS) is 11.8. The van der Waals surface area contributed by atoms with E-state index in [0.717, 1.165) is 89.4 Å². The topological polar surface area (TPSA) is 108 Å². The van der Waals surface area contributed by atoms with E-state index in [-0.39, 0.29) is 37.7 Å². The van der Waals surface area contributed by atoms with Crippen LogP contribution >= 0.6 is 132 Å². The quantitative estimate of drug-likeness (QED) is 0.138. The molecule has 8 aromatic carbocycles. The van der Waals surface area contributed by atoms with Gasteiger partial charge in [-0.2, -0.15) is 0 Å². The molecule has 0 saturated carbocycles. The summed E-state index contributed by atoms with van der Waals surface area (Å²) in [5.74, 6) is 0. The predicted molar refractivity (Wildman–Crippen MR) is 524 cm³/mol. The van der Waals surface area contributed by atoms with E-state index in [1.165, 1.54) is 66.8 Å². The van der Waals surface area contributed by atoms with Crippen LogP contribution in [0.5, 0.6) is 0 Å². The number of halogens is 12. The maximum atomic E-state index is 6.93. The van der Waals surface area contributed by atoms with E-state index in [4.69, 9.17) is 171 Å². The number of hydrogen-bond acceptors (Lipinski definition) is 4. The van der Waals surface area contributed by atoms with Gasteiger partial charge < -0.3 is 19.9 Å². The molecule has 0 atom stereocenters. The Morgan fingerprint density at radius 2 is 0.317 bits per heavy atom. The molecular formula is C101H76Cl12N8Ru2. The fourth-order valence-electron chi connectivity index (χ4n) is 17.5. The Hall–Kier alpha value is -8.31. The summed E-state index contributed by atoms with van der Waals surface area (Å²) >= 11 is 54.7. The van der Waals surface area contributed by atoms with Crippen molar-refractivity contribution in [1.82, 2.24) is 39.9 Å². The van der Waals surface area contributed by atoms with Crippen LogP contribution in [0.3, 0.4) is 0 Å². The third kappa shape index (κ3) is 18.1. The standard InChI is InChI=1S/C56H52N4.C44H20Cl8N4.CH4.4ClH.2Ru/c1-29-21-33(5)49(34(6)22-29)53-41-13-15-43(57-41)54(50-35(7)23-30(2)24-36(50)8)45-17-19-47(59-45)56(52-39(11)27-32(4)28-40(52)12)48-20-18-46(60-48)55(44-16-14-42(53)58-44)51-37(9)25-31(3)26-38(51)10;45-21-5-1-6-22(46)37(21)41-29-13-15-31(53-29)42(38-23(47)7-2-8-24(38)48)33-17-19-35(55-33)44(40-27(51)11-4-12-28(40)52)36-20-18-34(56-36)43(32-16-14-30(41)54-32)39-25(49)9-3-10-26(39)50;;;;;;;/h13-28H,1-12H3;1-20H;1H4;4*1H;;/q2*-2;;;;;;2*+4/p-4. The van der Waals surface area contributed by atoms with Crippen molar-refractivity contribution in [3.8, 4) is 89.0 Å². The van der Waals surface area contributed by atoms with Crippen molar-refractivity contribution < 1.29 is 30.3 Å². The second-order valence-electron chi connectivity index (χ2n) is 30.3. The number of nitrogens with zero attached hydrogens (tertiary/aromatic N) is 8. The van der Waals surface area contributed by atoms with E-state index in [1.54, 1.807) is 72.8 Å². The molecule has 0 N–H and O–H groups in total. The second-order valence-corrected chi connectivity index (χ2v) is 38.8. The molecule has 8 nitrogen and oxygen atoms in total. The summed E-state index contributed by atoms with van der Waals surface area (Å²) in [5.41, 5.74) is 39.3. The number of fused-ring (bicyclic) bond motifs is 16. The molecule has 0 unspecified atom stereocenters. The number of benzene rings is 8. The van der Waals surface area contributed by atoms with Crippen LogP contribution in [0, 0.1) is 83.1 Å². The van der Waals surface area contributed by atoms with Crippen LogP contribution in [-0.4, -0.2) is 19.9 Å². The fourth-order valence-corrected chi connectivity index (χ4v) is 19.8. The predicted octanol–water partition coefficient (Wildman–Crippen LogP) is 33.5. The maximum absolute atomic E-state index is 6.93. The van der Waals surface area contributed by atoms with Gasteiger partial charge in [0.05, 0.1) is 45.6 Å². The molecule has 620 valence electrons. The summed E-state index contributed by atoms with van der Waals surface area (Å²) in [6, 6.07) is 55.7. The molecule has 0 radical (unpaired) electrons. The minimum atomic E-state index is -0.346. The van der Waals surface area contributed by atoms with Crippen molar-refractivity contribution in [2.45, 2.75) is 90.5 Å². The Balaban J connectivity index is 0.000000187. The van der Waals surface area contributed by atoms with Gasteiger partial charge >= 0.3 is 69.1 Å². The van der Waals surface area contributed by atoms with E-state index in [9.17, 15) is 0 Å². The molecule has 10 heterocycles. The zero-order chi connectivity index (χ0) is 86.5. The second kappa shape index (κ2) is 38.5. The molecule has 0 saturated heterocycles. The van der Waals surface area contributed by atoms with Crippen molar-refractivity contribution in [3.63, 3.8) is 0 Å². The van der Waals surface area contributed by atoms with Gasteiger partial charge in [-0.05, 0) is 291 Å². The van der Waals surface area contributed by atoms with Gasteiger partial charge in [-0.15, -0.1) is 44.1 Å². The first-order chi connectivity index (χ1) is 58.6. The van der Waals surface area contributed by atoms with E-state index < -0.39 is 0 Å². The molecule has 0 amide bonds. The van der Waals surface area contributed by atoms with Crippen LogP contribution < -0.4 is 19.9 Å². The van der Waals surface area contributed by atoms with Crippen LogP contribution in [0.25, 0.3) is 182 Å². The van der Waals surface area contributed by atoms with Crippen molar-refractivity contribution in [1.29, 1.82) is 0 Å². The molecule has 4 aliphatic rings. The van der Waals surface area contributed by atoms with Crippen LogP contribution in [0.2, 0.25) is 40.2 Å². The zero-order valence-corrected chi connectivity index (χ0v) is 80.2. The van der Waals surface area contributed by atoms with Crippen LogP contribution in [-0.2, 0) is 30.3 Å². The summed E-state index contributed by atoms with van der Waals surface area (Å²) in [5, 5.41) is 3.32. The van der Waals surface area contributed by atoms with Gasteiger partial charge in [-0.3, -0.25) is 0 Å². The molecule has 18 rings (SSSR count). The Labute approximate surface area is 788 Å². The number of rotatable bonds is 8. The van der Waals surface area contributed by atoms with Crippen LogP contribution in [0.4, 0.5) is 0 Å². The minimum absolute atomic E-state index is 0. The van der Waals surface area contributed by atoms with Gasteiger partial charge in [0.2, 0.25) is 0 Å². The van der Waals surface area contributed by atoms with E-state index in [2.05, 4.69) is 180 Å². The molecule has 22 heteroatoms. The zero-order valence-electron chi connectivity index (χ0n) is 67.6. The molecule has 0 spiro atoms. The molecular weight excluding hydrogens is 1950 g/mol. The number of aryl methyl sites for hydroxylation is 12. The number of hydrogen-bond donors (Lipinski definition) is 0. The third-order valence-electron chi connectivity index (χ3n) is 21.8.